The second-order valence-corrected chi connectivity index (χ2v) is 10.4. The summed E-state index contributed by atoms with van der Waals surface area (Å²) in [5.74, 6) is 3.14. The average Bonchev–Trinajstić information content (AvgIpc) is 3.55. The summed E-state index contributed by atoms with van der Waals surface area (Å²) in [5, 5.41) is 11.1. The number of nitrogens with zero attached hydrogens (tertiary/aromatic N) is 4. The molecule has 6 nitrogen and oxygen atoms in total. The van der Waals surface area contributed by atoms with Crippen molar-refractivity contribution in [2.75, 3.05) is 32.6 Å². The first kappa shape index (κ1) is 23.7. The van der Waals surface area contributed by atoms with Crippen LogP contribution in [0.1, 0.15) is 43.0 Å². The van der Waals surface area contributed by atoms with E-state index < -0.39 is 0 Å². The SMILES string of the molecule is COc1cccc(-n2c(SCC3CCCO3)nnc2C2CCN(Cc3ccccc3Cl)CC2)c1. The van der Waals surface area contributed by atoms with Crippen LogP contribution >= 0.6 is 23.4 Å². The number of halogens is 1. The van der Waals surface area contributed by atoms with Gasteiger partial charge in [0.2, 0.25) is 0 Å². The largest absolute Gasteiger partial charge is 0.497 e. The van der Waals surface area contributed by atoms with Crippen molar-refractivity contribution in [3.05, 3.63) is 64.9 Å². The molecular formula is C26H31ClN4O2S. The number of likely N-dealkylation sites (tertiary alicyclic amines) is 1. The van der Waals surface area contributed by atoms with Crippen LogP contribution < -0.4 is 4.74 Å². The van der Waals surface area contributed by atoms with Gasteiger partial charge in [-0.1, -0.05) is 47.6 Å². The summed E-state index contributed by atoms with van der Waals surface area (Å²) in [5.41, 5.74) is 2.24. The zero-order chi connectivity index (χ0) is 23.3. The van der Waals surface area contributed by atoms with Crippen LogP contribution in [0.3, 0.4) is 0 Å². The number of aromatic nitrogens is 3. The van der Waals surface area contributed by atoms with E-state index >= 15 is 0 Å². The second kappa shape index (κ2) is 11.1. The Morgan fingerprint density at radius 1 is 1.09 bits per heavy atom. The van der Waals surface area contributed by atoms with Crippen LogP contribution in [-0.2, 0) is 11.3 Å². The van der Waals surface area contributed by atoms with E-state index in [9.17, 15) is 0 Å². The fourth-order valence-corrected chi connectivity index (χ4v) is 6.01. The summed E-state index contributed by atoms with van der Waals surface area (Å²) >= 11 is 8.13. The highest BCUT2D eigenvalue weighted by molar-refractivity contribution is 7.99. The highest BCUT2D eigenvalue weighted by Gasteiger charge is 2.28. The van der Waals surface area contributed by atoms with E-state index in [0.717, 1.165) is 85.1 Å². The van der Waals surface area contributed by atoms with Gasteiger partial charge in [0.25, 0.3) is 0 Å². The fraction of sp³-hybridized carbons (Fsp3) is 0.462. The van der Waals surface area contributed by atoms with Gasteiger partial charge >= 0.3 is 0 Å². The molecule has 0 N–H and O–H groups in total. The standard InChI is InChI=1S/C26H31ClN4O2S/c1-32-22-8-4-7-21(16-22)31-25(28-29-26(31)34-18-23-9-5-15-33-23)19-11-13-30(14-12-19)17-20-6-2-3-10-24(20)27/h2-4,6-8,10,16,19,23H,5,9,11-15,17-18H2,1H3. The normalized spacial score (nSPS) is 19.5. The maximum absolute atomic E-state index is 6.39. The van der Waals surface area contributed by atoms with Crippen LogP contribution in [-0.4, -0.2) is 58.3 Å². The molecule has 8 heteroatoms. The number of rotatable bonds is 8. The molecular weight excluding hydrogens is 468 g/mol. The van der Waals surface area contributed by atoms with E-state index in [4.69, 9.17) is 26.2 Å². The molecule has 2 aliphatic rings. The lowest BCUT2D eigenvalue weighted by Gasteiger charge is -2.32. The van der Waals surface area contributed by atoms with Gasteiger partial charge in [-0.25, -0.2) is 0 Å². The van der Waals surface area contributed by atoms with E-state index in [0.29, 0.717) is 12.0 Å². The Morgan fingerprint density at radius 2 is 1.94 bits per heavy atom. The van der Waals surface area contributed by atoms with Gasteiger partial charge in [0.15, 0.2) is 5.16 Å². The predicted octanol–water partition coefficient (Wildman–Crippen LogP) is 5.58. The van der Waals surface area contributed by atoms with E-state index in [1.54, 1.807) is 18.9 Å². The molecule has 180 valence electrons. The number of methoxy groups -OCH3 is 1. The van der Waals surface area contributed by atoms with Crippen molar-refractivity contribution in [1.82, 2.24) is 19.7 Å². The minimum Gasteiger partial charge on any atom is -0.497 e. The minimum absolute atomic E-state index is 0.303. The Labute approximate surface area is 210 Å². The summed E-state index contributed by atoms with van der Waals surface area (Å²) in [6.45, 7) is 3.78. The van der Waals surface area contributed by atoms with Crippen molar-refractivity contribution in [3.8, 4) is 11.4 Å². The number of ether oxygens (including phenoxy) is 2. The summed E-state index contributed by atoms with van der Waals surface area (Å²) in [4.78, 5) is 2.48. The number of piperidine rings is 1. The molecule has 0 bridgehead atoms. The second-order valence-electron chi connectivity index (χ2n) is 8.97. The fourth-order valence-electron chi connectivity index (χ4n) is 4.79. The molecule has 0 spiro atoms. The summed E-state index contributed by atoms with van der Waals surface area (Å²) in [6.07, 6.45) is 4.66. The number of hydrogen-bond acceptors (Lipinski definition) is 6. The lowest BCUT2D eigenvalue weighted by Crippen LogP contribution is -2.33. The maximum atomic E-state index is 6.39. The third-order valence-electron chi connectivity index (χ3n) is 6.70. The van der Waals surface area contributed by atoms with Crippen molar-refractivity contribution < 1.29 is 9.47 Å². The van der Waals surface area contributed by atoms with Crippen molar-refractivity contribution in [1.29, 1.82) is 0 Å². The predicted molar refractivity (Wildman–Crippen MR) is 136 cm³/mol. The molecule has 0 radical (unpaired) electrons. The third kappa shape index (κ3) is 5.43. The minimum atomic E-state index is 0.303. The summed E-state index contributed by atoms with van der Waals surface area (Å²) in [7, 11) is 1.70. The summed E-state index contributed by atoms with van der Waals surface area (Å²) in [6, 6.07) is 16.3. The van der Waals surface area contributed by atoms with E-state index in [1.807, 2.05) is 24.3 Å². The van der Waals surface area contributed by atoms with E-state index in [2.05, 4.69) is 38.8 Å². The maximum Gasteiger partial charge on any atom is 0.195 e. The molecule has 5 rings (SSSR count). The van der Waals surface area contributed by atoms with Gasteiger partial charge in [0.05, 0.1) is 18.9 Å². The Hall–Kier alpha value is -2.06. The van der Waals surface area contributed by atoms with Crippen LogP contribution in [0.5, 0.6) is 5.75 Å². The van der Waals surface area contributed by atoms with E-state index in [1.165, 1.54) is 5.56 Å². The molecule has 0 aliphatic carbocycles. The Kier molecular flexibility index (Phi) is 7.74. The molecule has 34 heavy (non-hydrogen) atoms. The van der Waals surface area contributed by atoms with Gasteiger partial charge in [0, 0.05) is 35.9 Å². The first-order valence-electron chi connectivity index (χ1n) is 12.0. The van der Waals surface area contributed by atoms with Gasteiger partial charge in [-0.3, -0.25) is 9.47 Å². The lowest BCUT2D eigenvalue weighted by molar-refractivity contribution is 0.129. The van der Waals surface area contributed by atoms with Gasteiger partial charge in [-0.2, -0.15) is 0 Å². The van der Waals surface area contributed by atoms with Crippen LogP contribution in [0.25, 0.3) is 5.69 Å². The van der Waals surface area contributed by atoms with Crippen LogP contribution in [0.15, 0.2) is 53.7 Å². The molecule has 3 aromatic rings. The average molecular weight is 499 g/mol. The Balaban J connectivity index is 1.34. The molecule has 3 heterocycles. The third-order valence-corrected chi connectivity index (χ3v) is 8.13. The van der Waals surface area contributed by atoms with Gasteiger partial charge in [0.1, 0.15) is 11.6 Å². The van der Waals surface area contributed by atoms with Crippen molar-refractivity contribution in [2.45, 2.75) is 49.4 Å². The molecule has 2 aromatic carbocycles. The van der Waals surface area contributed by atoms with Crippen molar-refractivity contribution in [3.63, 3.8) is 0 Å². The highest BCUT2D eigenvalue weighted by atomic mass is 35.5. The monoisotopic (exact) mass is 498 g/mol. The molecule has 2 saturated heterocycles. The molecule has 0 amide bonds. The topological polar surface area (TPSA) is 52.4 Å². The molecule has 1 aromatic heterocycles. The quantitative estimate of drug-likeness (QED) is 0.378. The first-order valence-corrected chi connectivity index (χ1v) is 13.4. The molecule has 2 aliphatic heterocycles. The molecule has 0 saturated carbocycles. The number of thioether (sulfide) groups is 1. The highest BCUT2D eigenvalue weighted by Crippen LogP contribution is 2.34. The van der Waals surface area contributed by atoms with Gasteiger partial charge in [-0.05, 0) is 62.5 Å². The molecule has 1 unspecified atom stereocenters. The molecule has 2 fully saturated rings. The summed E-state index contributed by atoms with van der Waals surface area (Å²) < 4.78 is 13.6. The number of hydrogen-bond donors (Lipinski definition) is 0. The Bertz CT molecular complexity index is 1090. The van der Waals surface area contributed by atoms with Crippen molar-refractivity contribution in [2.24, 2.45) is 0 Å². The lowest BCUT2D eigenvalue weighted by atomic mass is 9.95. The van der Waals surface area contributed by atoms with Crippen LogP contribution in [0.2, 0.25) is 5.02 Å². The van der Waals surface area contributed by atoms with E-state index in [-0.39, 0.29) is 0 Å². The zero-order valence-electron chi connectivity index (χ0n) is 19.5. The van der Waals surface area contributed by atoms with Gasteiger partial charge < -0.3 is 9.47 Å². The van der Waals surface area contributed by atoms with Crippen LogP contribution in [0, 0.1) is 0 Å². The van der Waals surface area contributed by atoms with Crippen LogP contribution in [0.4, 0.5) is 0 Å². The zero-order valence-corrected chi connectivity index (χ0v) is 21.1. The Morgan fingerprint density at radius 3 is 2.71 bits per heavy atom. The smallest absolute Gasteiger partial charge is 0.195 e. The number of benzene rings is 2. The van der Waals surface area contributed by atoms with Crippen molar-refractivity contribution >= 4 is 23.4 Å². The molecule has 1 atom stereocenters. The first-order chi connectivity index (χ1) is 16.7. The van der Waals surface area contributed by atoms with Gasteiger partial charge in [-0.15, -0.1) is 10.2 Å².